The van der Waals surface area contributed by atoms with E-state index in [1.165, 1.54) is 12.3 Å². The van der Waals surface area contributed by atoms with Crippen molar-refractivity contribution in [2.75, 3.05) is 4.72 Å². The topological polar surface area (TPSA) is 59.1 Å². The van der Waals surface area contributed by atoms with Crippen molar-refractivity contribution >= 4 is 54.8 Å². The quantitative estimate of drug-likeness (QED) is 0.818. The van der Waals surface area contributed by atoms with Crippen molar-refractivity contribution < 1.29 is 8.42 Å². The number of benzene rings is 1. The third-order valence-corrected chi connectivity index (χ3v) is 4.65. The zero-order valence-electron chi connectivity index (χ0n) is 9.27. The van der Waals surface area contributed by atoms with Crippen LogP contribution in [-0.2, 0) is 10.0 Å². The van der Waals surface area contributed by atoms with Crippen LogP contribution in [0, 0.1) is 0 Å². The van der Waals surface area contributed by atoms with Crippen molar-refractivity contribution in [1.82, 2.24) is 4.98 Å². The molecule has 8 heteroatoms. The van der Waals surface area contributed by atoms with Gasteiger partial charge in [-0.05, 0) is 46.3 Å². The lowest BCUT2D eigenvalue weighted by molar-refractivity contribution is 0.601. The summed E-state index contributed by atoms with van der Waals surface area (Å²) >= 11 is 14.7. The van der Waals surface area contributed by atoms with Crippen LogP contribution in [-0.4, -0.2) is 13.4 Å². The minimum absolute atomic E-state index is 0.0929. The summed E-state index contributed by atoms with van der Waals surface area (Å²) in [6.07, 6.45) is 1.42. The molecular formula is C11H7BrCl2N2O2S. The Bertz CT molecular complexity index is 705. The molecule has 2 aromatic rings. The molecule has 0 fully saturated rings. The predicted octanol–water partition coefficient (Wildman–Crippen LogP) is 3.95. The van der Waals surface area contributed by atoms with Crippen LogP contribution in [0.5, 0.6) is 0 Å². The molecule has 0 bridgehead atoms. The summed E-state index contributed by atoms with van der Waals surface area (Å²) < 4.78 is 27.3. The first-order valence-corrected chi connectivity index (χ1v) is 8.01. The second-order valence-corrected chi connectivity index (χ2v) is 6.92. The Labute approximate surface area is 128 Å². The van der Waals surface area contributed by atoms with E-state index in [-0.39, 0.29) is 10.0 Å². The van der Waals surface area contributed by atoms with Crippen molar-refractivity contribution in [2.45, 2.75) is 4.90 Å². The van der Waals surface area contributed by atoms with Crippen LogP contribution in [0.15, 0.2) is 45.9 Å². The fourth-order valence-electron chi connectivity index (χ4n) is 1.32. The van der Waals surface area contributed by atoms with Gasteiger partial charge >= 0.3 is 0 Å². The number of sulfonamides is 1. The first-order chi connectivity index (χ1) is 8.88. The molecular weight excluding hydrogens is 375 g/mol. The third-order valence-electron chi connectivity index (χ3n) is 2.16. The van der Waals surface area contributed by atoms with Gasteiger partial charge < -0.3 is 0 Å². The molecule has 1 heterocycles. The zero-order valence-corrected chi connectivity index (χ0v) is 13.2. The Hall–Kier alpha value is -0.820. The van der Waals surface area contributed by atoms with E-state index in [2.05, 4.69) is 25.6 Å². The lowest BCUT2D eigenvalue weighted by Gasteiger charge is -2.09. The van der Waals surface area contributed by atoms with E-state index in [1.54, 1.807) is 24.3 Å². The Morgan fingerprint density at radius 2 is 1.79 bits per heavy atom. The lowest BCUT2D eigenvalue weighted by atomic mass is 10.3. The number of anilines is 1. The fraction of sp³-hybridized carbons (Fsp3) is 0. The number of hydrogen-bond acceptors (Lipinski definition) is 3. The van der Waals surface area contributed by atoms with E-state index in [1.807, 2.05) is 0 Å². The summed E-state index contributed by atoms with van der Waals surface area (Å²) in [4.78, 5) is 3.68. The third kappa shape index (κ3) is 3.60. The molecule has 0 amide bonds. The summed E-state index contributed by atoms with van der Waals surface area (Å²) in [6, 6.07) is 7.66. The van der Waals surface area contributed by atoms with E-state index in [0.717, 1.165) is 0 Å². The average Bonchev–Trinajstić information content (AvgIpc) is 2.35. The van der Waals surface area contributed by atoms with Gasteiger partial charge in [-0.25, -0.2) is 13.4 Å². The molecule has 0 aliphatic carbocycles. The monoisotopic (exact) mass is 380 g/mol. The summed E-state index contributed by atoms with van der Waals surface area (Å²) in [5.74, 6) is 0. The molecule has 0 unspecified atom stereocenters. The molecule has 0 radical (unpaired) electrons. The van der Waals surface area contributed by atoms with Crippen LogP contribution in [0.25, 0.3) is 0 Å². The standard InChI is InChI=1S/C11H7BrCl2N2O2S/c12-7-5-10(11(14)15-6-7)19(17,18)16-9-3-1-8(13)2-4-9/h1-6,16H. The Kier molecular flexibility index (Phi) is 4.35. The lowest BCUT2D eigenvalue weighted by Crippen LogP contribution is -2.13. The van der Waals surface area contributed by atoms with E-state index < -0.39 is 10.0 Å². The highest BCUT2D eigenvalue weighted by molar-refractivity contribution is 9.10. The van der Waals surface area contributed by atoms with Crippen molar-refractivity contribution in [3.63, 3.8) is 0 Å². The first-order valence-electron chi connectivity index (χ1n) is 4.98. The maximum Gasteiger partial charge on any atom is 0.265 e. The second-order valence-electron chi connectivity index (χ2n) is 3.55. The van der Waals surface area contributed by atoms with E-state index in [4.69, 9.17) is 23.2 Å². The van der Waals surface area contributed by atoms with Gasteiger partial charge in [0.25, 0.3) is 10.0 Å². The highest BCUT2D eigenvalue weighted by Gasteiger charge is 2.19. The zero-order chi connectivity index (χ0) is 14.0. The summed E-state index contributed by atoms with van der Waals surface area (Å²) in [7, 11) is -3.80. The highest BCUT2D eigenvalue weighted by atomic mass is 79.9. The number of aromatic nitrogens is 1. The Morgan fingerprint density at radius 1 is 1.16 bits per heavy atom. The molecule has 0 atom stereocenters. The molecule has 0 saturated heterocycles. The number of nitrogens with zero attached hydrogens (tertiary/aromatic N) is 1. The highest BCUT2D eigenvalue weighted by Crippen LogP contribution is 2.25. The maximum absolute atomic E-state index is 12.2. The minimum atomic E-state index is -3.80. The SMILES string of the molecule is O=S(=O)(Nc1ccc(Cl)cc1)c1cc(Br)cnc1Cl. The smallest absolute Gasteiger partial charge is 0.265 e. The number of rotatable bonds is 3. The van der Waals surface area contributed by atoms with Crippen LogP contribution in [0.3, 0.4) is 0 Å². The molecule has 100 valence electrons. The van der Waals surface area contributed by atoms with Gasteiger partial charge in [-0.2, -0.15) is 0 Å². The van der Waals surface area contributed by atoms with Gasteiger partial charge in [-0.1, -0.05) is 23.2 Å². The summed E-state index contributed by atoms with van der Waals surface area (Å²) in [5, 5.41) is 0.426. The van der Waals surface area contributed by atoms with E-state index >= 15 is 0 Å². The van der Waals surface area contributed by atoms with Crippen LogP contribution < -0.4 is 4.72 Å². The molecule has 0 saturated carbocycles. The molecule has 2 rings (SSSR count). The number of pyridine rings is 1. The van der Waals surface area contributed by atoms with Crippen LogP contribution in [0.1, 0.15) is 0 Å². The van der Waals surface area contributed by atoms with Gasteiger partial charge in [0, 0.05) is 21.4 Å². The van der Waals surface area contributed by atoms with Crippen LogP contribution in [0.2, 0.25) is 10.2 Å². The summed E-state index contributed by atoms with van der Waals surface area (Å²) in [5.41, 5.74) is 0.389. The largest absolute Gasteiger partial charge is 0.280 e. The van der Waals surface area contributed by atoms with Crippen molar-refractivity contribution in [3.05, 3.63) is 51.2 Å². The van der Waals surface area contributed by atoms with Crippen molar-refractivity contribution in [3.8, 4) is 0 Å². The molecule has 1 N–H and O–H groups in total. The van der Waals surface area contributed by atoms with Gasteiger partial charge in [0.2, 0.25) is 0 Å². The molecule has 0 spiro atoms. The average molecular weight is 382 g/mol. The Balaban J connectivity index is 2.37. The van der Waals surface area contributed by atoms with Gasteiger partial charge in [-0.3, -0.25) is 4.72 Å². The molecule has 0 aliphatic heterocycles. The number of nitrogens with one attached hydrogen (secondary N) is 1. The van der Waals surface area contributed by atoms with Gasteiger partial charge in [0.15, 0.2) is 0 Å². The van der Waals surface area contributed by atoms with Crippen LogP contribution >= 0.6 is 39.1 Å². The molecule has 19 heavy (non-hydrogen) atoms. The second kappa shape index (κ2) is 5.66. The number of halogens is 3. The molecule has 1 aromatic heterocycles. The van der Waals surface area contributed by atoms with Gasteiger partial charge in [0.05, 0.1) is 0 Å². The number of hydrogen-bond donors (Lipinski definition) is 1. The van der Waals surface area contributed by atoms with Crippen molar-refractivity contribution in [2.24, 2.45) is 0 Å². The van der Waals surface area contributed by atoms with E-state index in [9.17, 15) is 8.42 Å². The Morgan fingerprint density at radius 3 is 2.42 bits per heavy atom. The van der Waals surface area contributed by atoms with E-state index in [0.29, 0.717) is 15.2 Å². The predicted molar refractivity (Wildman–Crippen MR) is 79.2 cm³/mol. The van der Waals surface area contributed by atoms with Gasteiger partial charge in [-0.15, -0.1) is 0 Å². The molecule has 0 aliphatic rings. The van der Waals surface area contributed by atoms with Gasteiger partial charge in [0.1, 0.15) is 10.0 Å². The van der Waals surface area contributed by atoms with Crippen LogP contribution in [0.4, 0.5) is 5.69 Å². The fourth-order valence-corrected chi connectivity index (χ4v) is 3.45. The summed E-state index contributed by atoms with van der Waals surface area (Å²) in [6.45, 7) is 0. The minimum Gasteiger partial charge on any atom is -0.280 e. The molecule has 4 nitrogen and oxygen atoms in total. The van der Waals surface area contributed by atoms with Crippen molar-refractivity contribution in [1.29, 1.82) is 0 Å². The molecule has 1 aromatic carbocycles. The maximum atomic E-state index is 12.2. The normalized spacial score (nSPS) is 11.3. The first kappa shape index (κ1) is 14.6.